The van der Waals surface area contributed by atoms with Crippen LogP contribution in [0.4, 0.5) is 0 Å². The number of piperidine rings is 1. The van der Waals surface area contributed by atoms with Crippen molar-refractivity contribution in [3.05, 3.63) is 0 Å². The van der Waals surface area contributed by atoms with Gasteiger partial charge in [0.2, 0.25) is 0 Å². The monoisotopic (exact) mass is 224 g/mol. The SMILES string of the molecule is CC(C)CCN1CCCCC1CNC1CC1. The second-order valence-corrected chi connectivity index (χ2v) is 6.05. The van der Waals surface area contributed by atoms with E-state index >= 15 is 0 Å². The van der Waals surface area contributed by atoms with E-state index in [1.54, 1.807) is 0 Å². The van der Waals surface area contributed by atoms with Crippen LogP contribution in [0.1, 0.15) is 52.4 Å². The third-order valence-electron chi connectivity index (χ3n) is 3.96. The number of rotatable bonds is 6. The van der Waals surface area contributed by atoms with E-state index in [2.05, 4.69) is 24.1 Å². The molecule has 1 unspecified atom stereocenters. The highest BCUT2D eigenvalue weighted by Crippen LogP contribution is 2.21. The van der Waals surface area contributed by atoms with Crippen LogP contribution in [0.15, 0.2) is 0 Å². The first-order chi connectivity index (χ1) is 7.75. The van der Waals surface area contributed by atoms with Gasteiger partial charge in [0.25, 0.3) is 0 Å². The van der Waals surface area contributed by atoms with Crippen LogP contribution in [-0.2, 0) is 0 Å². The number of nitrogens with one attached hydrogen (secondary N) is 1. The van der Waals surface area contributed by atoms with Gasteiger partial charge < -0.3 is 5.32 Å². The topological polar surface area (TPSA) is 15.3 Å². The number of likely N-dealkylation sites (tertiary alicyclic amines) is 1. The van der Waals surface area contributed by atoms with E-state index in [-0.39, 0.29) is 0 Å². The van der Waals surface area contributed by atoms with Crippen LogP contribution in [0, 0.1) is 5.92 Å². The third-order valence-corrected chi connectivity index (χ3v) is 3.96. The van der Waals surface area contributed by atoms with E-state index in [0.29, 0.717) is 0 Å². The standard InChI is InChI=1S/C14H28N2/c1-12(2)8-10-16-9-4-3-5-14(16)11-15-13-6-7-13/h12-15H,3-11H2,1-2H3. The molecule has 1 aliphatic carbocycles. The van der Waals surface area contributed by atoms with Crippen molar-refractivity contribution in [1.29, 1.82) is 0 Å². The van der Waals surface area contributed by atoms with Gasteiger partial charge in [0.15, 0.2) is 0 Å². The van der Waals surface area contributed by atoms with Crippen LogP contribution in [0.25, 0.3) is 0 Å². The fraction of sp³-hybridized carbons (Fsp3) is 1.00. The van der Waals surface area contributed by atoms with Crippen LogP contribution >= 0.6 is 0 Å². The zero-order chi connectivity index (χ0) is 11.4. The zero-order valence-electron chi connectivity index (χ0n) is 11.0. The maximum absolute atomic E-state index is 3.70. The average molecular weight is 224 g/mol. The highest BCUT2D eigenvalue weighted by molar-refractivity contribution is 4.85. The van der Waals surface area contributed by atoms with Crippen LogP contribution in [0.5, 0.6) is 0 Å². The van der Waals surface area contributed by atoms with Gasteiger partial charge in [-0.3, -0.25) is 4.90 Å². The van der Waals surface area contributed by atoms with E-state index in [0.717, 1.165) is 18.0 Å². The van der Waals surface area contributed by atoms with Gasteiger partial charge in [0.1, 0.15) is 0 Å². The normalized spacial score (nSPS) is 27.6. The van der Waals surface area contributed by atoms with Crippen molar-refractivity contribution in [2.45, 2.75) is 64.5 Å². The highest BCUT2D eigenvalue weighted by atomic mass is 15.2. The minimum absolute atomic E-state index is 0.827. The molecule has 1 heterocycles. The summed E-state index contributed by atoms with van der Waals surface area (Å²) in [5.74, 6) is 0.846. The lowest BCUT2D eigenvalue weighted by molar-refractivity contribution is 0.138. The first kappa shape index (κ1) is 12.4. The molecule has 1 saturated carbocycles. The Hall–Kier alpha value is -0.0800. The van der Waals surface area contributed by atoms with Crippen LogP contribution in [0.3, 0.4) is 0 Å². The summed E-state index contributed by atoms with van der Waals surface area (Å²) in [5, 5.41) is 3.70. The van der Waals surface area contributed by atoms with Gasteiger partial charge in [0.05, 0.1) is 0 Å². The molecule has 2 heteroatoms. The minimum atomic E-state index is 0.827. The van der Waals surface area contributed by atoms with Crippen LogP contribution in [-0.4, -0.2) is 36.6 Å². The molecule has 2 nitrogen and oxygen atoms in total. The molecule has 2 aliphatic rings. The van der Waals surface area contributed by atoms with Crippen molar-refractivity contribution < 1.29 is 0 Å². The lowest BCUT2D eigenvalue weighted by Gasteiger charge is -2.36. The lowest BCUT2D eigenvalue weighted by atomic mass is 10.0. The molecule has 2 rings (SSSR count). The van der Waals surface area contributed by atoms with Gasteiger partial charge >= 0.3 is 0 Å². The van der Waals surface area contributed by atoms with Crippen molar-refractivity contribution >= 4 is 0 Å². The Morgan fingerprint density at radius 2 is 2.00 bits per heavy atom. The maximum Gasteiger partial charge on any atom is 0.0220 e. The Kier molecular flexibility index (Phi) is 4.66. The van der Waals surface area contributed by atoms with E-state index in [4.69, 9.17) is 0 Å². The average Bonchev–Trinajstić information content (AvgIpc) is 3.08. The molecule has 1 aliphatic heterocycles. The maximum atomic E-state index is 3.70. The molecule has 0 aromatic heterocycles. The summed E-state index contributed by atoms with van der Waals surface area (Å²) in [6.07, 6.45) is 8.46. The van der Waals surface area contributed by atoms with E-state index in [1.807, 2.05) is 0 Å². The predicted octanol–water partition coefficient (Wildman–Crippen LogP) is 2.64. The Bertz CT molecular complexity index is 185. The molecular formula is C14H28N2. The minimum Gasteiger partial charge on any atom is -0.312 e. The van der Waals surface area contributed by atoms with Gasteiger partial charge in [-0.1, -0.05) is 20.3 Å². The van der Waals surface area contributed by atoms with Crippen molar-refractivity contribution in [1.82, 2.24) is 10.2 Å². The van der Waals surface area contributed by atoms with Crippen molar-refractivity contribution in [3.8, 4) is 0 Å². The molecule has 0 amide bonds. The molecule has 2 fully saturated rings. The van der Waals surface area contributed by atoms with Gasteiger partial charge in [-0.15, -0.1) is 0 Å². The largest absolute Gasteiger partial charge is 0.312 e. The Labute approximate surface area is 101 Å². The molecular weight excluding hydrogens is 196 g/mol. The summed E-state index contributed by atoms with van der Waals surface area (Å²) < 4.78 is 0. The van der Waals surface area contributed by atoms with Crippen molar-refractivity contribution in [3.63, 3.8) is 0 Å². The Morgan fingerprint density at radius 3 is 2.69 bits per heavy atom. The summed E-state index contributed by atoms with van der Waals surface area (Å²) in [6.45, 7) is 8.56. The third kappa shape index (κ3) is 4.06. The van der Waals surface area contributed by atoms with Crippen molar-refractivity contribution in [2.24, 2.45) is 5.92 Å². The Morgan fingerprint density at radius 1 is 1.19 bits per heavy atom. The molecule has 94 valence electrons. The van der Waals surface area contributed by atoms with Gasteiger partial charge in [0, 0.05) is 18.6 Å². The smallest absolute Gasteiger partial charge is 0.0220 e. The highest BCUT2D eigenvalue weighted by Gasteiger charge is 2.26. The van der Waals surface area contributed by atoms with Gasteiger partial charge in [-0.2, -0.15) is 0 Å². The lowest BCUT2D eigenvalue weighted by Crippen LogP contribution is -2.46. The summed E-state index contributed by atoms with van der Waals surface area (Å²) in [5.41, 5.74) is 0. The molecule has 0 aromatic carbocycles. The molecule has 16 heavy (non-hydrogen) atoms. The predicted molar refractivity (Wildman–Crippen MR) is 69.7 cm³/mol. The molecule has 0 spiro atoms. The molecule has 0 aromatic rings. The zero-order valence-corrected chi connectivity index (χ0v) is 11.0. The molecule has 1 N–H and O–H groups in total. The summed E-state index contributed by atoms with van der Waals surface area (Å²) in [7, 11) is 0. The second kappa shape index (κ2) is 6.02. The van der Waals surface area contributed by atoms with Gasteiger partial charge in [-0.05, 0) is 51.1 Å². The molecule has 0 bridgehead atoms. The van der Waals surface area contributed by atoms with Crippen LogP contribution < -0.4 is 5.32 Å². The van der Waals surface area contributed by atoms with E-state index in [9.17, 15) is 0 Å². The molecule has 1 atom stereocenters. The molecule has 1 saturated heterocycles. The fourth-order valence-electron chi connectivity index (χ4n) is 2.60. The molecule has 0 radical (unpaired) electrons. The quantitative estimate of drug-likeness (QED) is 0.746. The summed E-state index contributed by atoms with van der Waals surface area (Å²) >= 11 is 0. The van der Waals surface area contributed by atoms with Gasteiger partial charge in [-0.25, -0.2) is 0 Å². The van der Waals surface area contributed by atoms with E-state index < -0.39 is 0 Å². The first-order valence-electron chi connectivity index (χ1n) is 7.23. The summed E-state index contributed by atoms with van der Waals surface area (Å²) in [6, 6.07) is 1.70. The van der Waals surface area contributed by atoms with Crippen LogP contribution in [0.2, 0.25) is 0 Å². The number of hydrogen-bond donors (Lipinski definition) is 1. The fourth-order valence-corrected chi connectivity index (χ4v) is 2.60. The number of hydrogen-bond acceptors (Lipinski definition) is 2. The Balaban J connectivity index is 1.71. The number of nitrogens with zero attached hydrogens (tertiary/aromatic N) is 1. The van der Waals surface area contributed by atoms with E-state index in [1.165, 1.54) is 58.2 Å². The second-order valence-electron chi connectivity index (χ2n) is 6.05. The van der Waals surface area contributed by atoms with Crippen molar-refractivity contribution in [2.75, 3.05) is 19.6 Å². The first-order valence-corrected chi connectivity index (χ1v) is 7.23. The summed E-state index contributed by atoms with van der Waals surface area (Å²) in [4.78, 5) is 2.74.